The number of hydrogen-bond donors (Lipinski definition) is 0. The summed E-state index contributed by atoms with van der Waals surface area (Å²) in [6.45, 7) is 7.72. The van der Waals surface area contributed by atoms with Crippen LogP contribution in [0.1, 0.15) is 39.7 Å². The van der Waals surface area contributed by atoms with E-state index in [4.69, 9.17) is 9.47 Å². The molecule has 2 fully saturated rings. The number of hydrogen-bond acceptors (Lipinski definition) is 5. The average molecular weight is 388 g/mol. The van der Waals surface area contributed by atoms with Gasteiger partial charge in [0.1, 0.15) is 18.0 Å². The average Bonchev–Trinajstić information content (AvgIpc) is 2.91. The third-order valence-corrected chi connectivity index (χ3v) is 6.12. The first kappa shape index (κ1) is 20.2. The van der Waals surface area contributed by atoms with Gasteiger partial charge in [-0.3, -0.25) is 14.4 Å². The first-order chi connectivity index (χ1) is 13.3. The largest absolute Gasteiger partial charge is 0.497 e. The summed E-state index contributed by atoms with van der Waals surface area (Å²) >= 11 is 0. The van der Waals surface area contributed by atoms with E-state index in [1.54, 1.807) is 16.9 Å². The number of fused-ring (bicyclic) bond motifs is 1. The molecule has 2 aliphatic heterocycles. The van der Waals surface area contributed by atoms with Crippen LogP contribution in [0.15, 0.2) is 24.3 Å². The maximum absolute atomic E-state index is 12.9. The fourth-order valence-electron chi connectivity index (χ4n) is 4.50. The highest BCUT2D eigenvalue weighted by molar-refractivity contribution is 6.37. The summed E-state index contributed by atoms with van der Waals surface area (Å²) in [6.07, 6.45) is -0.393. The van der Waals surface area contributed by atoms with Crippen LogP contribution in [0.25, 0.3) is 0 Å². The van der Waals surface area contributed by atoms with E-state index < -0.39 is 30.1 Å². The summed E-state index contributed by atoms with van der Waals surface area (Å²) in [5.41, 5.74) is 0.879. The highest BCUT2D eigenvalue weighted by atomic mass is 16.5. The topological polar surface area (TPSA) is 76.1 Å². The molecule has 0 N–H and O–H groups in total. The number of carbonyl (C=O) groups is 3. The molecule has 3 rings (SSSR count). The predicted molar refractivity (Wildman–Crippen MR) is 102 cm³/mol. The monoisotopic (exact) mass is 388 g/mol. The summed E-state index contributed by atoms with van der Waals surface area (Å²) < 4.78 is 10.8. The molecule has 1 unspecified atom stereocenters. The quantitative estimate of drug-likeness (QED) is 0.571. The Bertz CT molecular complexity index is 763. The second-order valence-corrected chi connectivity index (χ2v) is 7.68. The number of methoxy groups -OCH3 is 1. The van der Waals surface area contributed by atoms with Crippen LogP contribution < -0.4 is 4.74 Å². The van der Waals surface area contributed by atoms with Crippen molar-refractivity contribution in [3.05, 3.63) is 29.8 Å². The van der Waals surface area contributed by atoms with Crippen molar-refractivity contribution in [2.24, 2.45) is 11.8 Å². The van der Waals surface area contributed by atoms with E-state index in [2.05, 4.69) is 6.92 Å². The van der Waals surface area contributed by atoms with Crippen LogP contribution >= 0.6 is 0 Å². The van der Waals surface area contributed by atoms with Gasteiger partial charge in [0.15, 0.2) is 0 Å². The molecule has 28 heavy (non-hydrogen) atoms. The molecule has 7 heteroatoms. The van der Waals surface area contributed by atoms with Gasteiger partial charge < -0.3 is 19.3 Å². The molecule has 0 radical (unpaired) electrons. The van der Waals surface area contributed by atoms with Gasteiger partial charge in [-0.15, -0.1) is 0 Å². The van der Waals surface area contributed by atoms with Crippen LogP contribution in [0.3, 0.4) is 0 Å². The normalized spacial score (nSPS) is 29.7. The Balaban J connectivity index is 1.97. The molecule has 0 aliphatic carbocycles. The van der Waals surface area contributed by atoms with Crippen molar-refractivity contribution >= 4 is 17.8 Å². The van der Waals surface area contributed by atoms with Gasteiger partial charge in [-0.05, 0) is 30.0 Å². The lowest BCUT2D eigenvalue weighted by Crippen LogP contribution is -2.62. The van der Waals surface area contributed by atoms with Gasteiger partial charge in [-0.25, -0.2) is 0 Å². The second-order valence-electron chi connectivity index (χ2n) is 7.68. The molecule has 2 aliphatic rings. The third kappa shape index (κ3) is 3.34. The lowest BCUT2D eigenvalue weighted by Gasteiger charge is -2.49. The molecule has 0 aromatic heterocycles. The summed E-state index contributed by atoms with van der Waals surface area (Å²) in [7, 11) is 1.59. The van der Waals surface area contributed by atoms with Crippen molar-refractivity contribution in [2.45, 2.75) is 59.0 Å². The van der Waals surface area contributed by atoms with Crippen LogP contribution in [-0.2, 0) is 25.7 Å². The Morgan fingerprint density at radius 2 is 1.71 bits per heavy atom. The highest BCUT2D eigenvalue weighted by Gasteiger charge is 2.58. The molecular formula is C21H28N2O5. The highest BCUT2D eigenvalue weighted by Crippen LogP contribution is 2.41. The minimum absolute atomic E-state index is 0.0205. The SMILES string of the molecule is CC[C@@H]1[C@@H](C)[C@H](C)[C@H](OC(C)=O)C2N(Cc3ccc(OC)cc3)C(=O)C(=O)N21. The molecule has 0 spiro atoms. The third-order valence-electron chi connectivity index (χ3n) is 6.12. The molecule has 2 saturated heterocycles. The molecule has 0 saturated carbocycles. The van der Waals surface area contributed by atoms with Gasteiger partial charge in [0.05, 0.1) is 7.11 Å². The van der Waals surface area contributed by atoms with E-state index >= 15 is 0 Å². The van der Waals surface area contributed by atoms with Crippen LogP contribution in [0.4, 0.5) is 0 Å². The number of ether oxygens (including phenoxy) is 2. The molecule has 152 valence electrons. The minimum atomic E-state index is -0.581. The zero-order valence-electron chi connectivity index (χ0n) is 17.0. The molecular weight excluding hydrogens is 360 g/mol. The predicted octanol–water partition coefficient (Wildman–Crippen LogP) is 2.19. The Morgan fingerprint density at radius 1 is 1.07 bits per heavy atom. The van der Waals surface area contributed by atoms with E-state index in [0.717, 1.165) is 17.7 Å². The Morgan fingerprint density at radius 3 is 2.25 bits per heavy atom. The fraction of sp³-hybridized carbons (Fsp3) is 0.571. The molecule has 7 nitrogen and oxygen atoms in total. The van der Waals surface area contributed by atoms with Gasteiger partial charge >= 0.3 is 17.8 Å². The van der Waals surface area contributed by atoms with Crippen molar-refractivity contribution in [2.75, 3.05) is 7.11 Å². The Hall–Kier alpha value is -2.57. The van der Waals surface area contributed by atoms with E-state index in [0.29, 0.717) is 0 Å². The minimum Gasteiger partial charge on any atom is -0.497 e. The first-order valence-corrected chi connectivity index (χ1v) is 9.73. The Kier molecular flexibility index (Phi) is 5.63. The summed E-state index contributed by atoms with van der Waals surface area (Å²) in [5, 5.41) is 0. The second kappa shape index (κ2) is 7.81. The lowest BCUT2D eigenvalue weighted by atomic mass is 9.77. The van der Waals surface area contributed by atoms with Crippen molar-refractivity contribution in [1.82, 2.24) is 9.80 Å². The smallest absolute Gasteiger partial charge is 0.314 e. The molecule has 1 aromatic carbocycles. The number of esters is 1. The first-order valence-electron chi connectivity index (χ1n) is 9.73. The fourth-order valence-corrected chi connectivity index (χ4v) is 4.50. The van der Waals surface area contributed by atoms with Gasteiger partial charge in [0.25, 0.3) is 0 Å². The number of amides is 2. The molecule has 1 aromatic rings. The van der Waals surface area contributed by atoms with E-state index in [1.807, 2.05) is 38.1 Å². The van der Waals surface area contributed by atoms with E-state index in [9.17, 15) is 14.4 Å². The molecule has 2 amide bonds. The van der Waals surface area contributed by atoms with Crippen molar-refractivity contribution in [3.8, 4) is 5.75 Å². The molecule has 5 atom stereocenters. The number of rotatable bonds is 5. The van der Waals surface area contributed by atoms with Crippen LogP contribution in [0.2, 0.25) is 0 Å². The van der Waals surface area contributed by atoms with Gasteiger partial charge in [0.2, 0.25) is 0 Å². The van der Waals surface area contributed by atoms with Gasteiger partial charge in [-0.1, -0.05) is 32.9 Å². The maximum Gasteiger partial charge on any atom is 0.314 e. The zero-order valence-corrected chi connectivity index (χ0v) is 17.0. The summed E-state index contributed by atoms with van der Waals surface area (Å²) in [5.74, 6) is -0.609. The maximum atomic E-state index is 12.9. The van der Waals surface area contributed by atoms with Crippen LogP contribution in [0, 0.1) is 11.8 Å². The zero-order chi connectivity index (χ0) is 20.6. The lowest BCUT2D eigenvalue weighted by molar-refractivity contribution is -0.175. The summed E-state index contributed by atoms with van der Waals surface area (Å²) in [6, 6.07) is 7.31. The number of carbonyl (C=O) groups excluding carboxylic acids is 3. The number of benzene rings is 1. The van der Waals surface area contributed by atoms with Crippen molar-refractivity contribution < 1.29 is 23.9 Å². The Labute approximate surface area is 165 Å². The van der Waals surface area contributed by atoms with E-state index in [1.165, 1.54) is 6.92 Å². The molecule has 0 bridgehead atoms. The van der Waals surface area contributed by atoms with Crippen molar-refractivity contribution in [1.29, 1.82) is 0 Å². The van der Waals surface area contributed by atoms with Crippen molar-refractivity contribution in [3.63, 3.8) is 0 Å². The standard InChI is InChI=1S/C21H28N2O5/c1-6-17-12(2)13(3)18(28-14(4)24)19-22(20(25)21(26)23(17)19)11-15-7-9-16(27-5)10-8-15/h7-10,12-13,17-19H,6,11H2,1-5H3/t12-,13-,17+,18-,19?/m0/s1. The number of piperidine rings is 1. The number of nitrogens with zero attached hydrogens (tertiary/aromatic N) is 2. The van der Waals surface area contributed by atoms with E-state index in [-0.39, 0.29) is 24.4 Å². The van der Waals surface area contributed by atoms with Crippen LogP contribution in [-0.4, -0.2) is 53.0 Å². The summed E-state index contributed by atoms with van der Waals surface area (Å²) in [4.78, 5) is 40.7. The van der Waals surface area contributed by atoms with Gasteiger partial charge in [-0.2, -0.15) is 0 Å². The van der Waals surface area contributed by atoms with Gasteiger partial charge in [0, 0.05) is 25.4 Å². The van der Waals surface area contributed by atoms with Crippen LogP contribution in [0.5, 0.6) is 5.75 Å². The molecule has 2 heterocycles.